The van der Waals surface area contributed by atoms with Crippen molar-refractivity contribution in [3.05, 3.63) is 0 Å². The highest BCUT2D eigenvalue weighted by Crippen LogP contribution is 2.39. The zero-order valence-electron chi connectivity index (χ0n) is 16.9. The molecule has 0 aromatic carbocycles. The first-order chi connectivity index (χ1) is 11.6. The Hall–Kier alpha value is -0.570. The van der Waals surface area contributed by atoms with Crippen LogP contribution in [0.1, 0.15) is 118 Å². The number of hydrogen-bond acceptors (Lipinski definition) is 3. The van der Waals surface area contributed by atoms with Crippen molar-refractivity contribution in [2.45, 2.75) is 118 Å². The van der Waals surface area contributed by atoms with Gasteiger partial charge >= 0.3 is 5.97 Å². The number of hydrogen-bond donors (Lipinski definition) is 1. The molecule has 0 fully saturated rings. The van der Waals surface area contributed by atoms with Gasteiger partial charge in [0.1, 0.15) is 0 Å². The first-order valence-corrected chi connectivity index (χ1v) is 10.5. The highest BCUT2D eigenvalue weighted by atomic mass is 16.7. The van der Waals surface area contributed by atoms with Crippen LogP contribution in [0.2, 0.25) is 0 Å². The standard InChI is InChI=1S/C21H43NO2/c1-5-8-9-10-11-12-13-14-15-16-17-18-19(4)21(6-2,7-3)20(23)24-22/h19H,5-18,22H2,1-4H3. The Kier molecular flexibility index (Phi) is 14.4. The van der Waals surface area contributed by atoms with Crippen molar-refractivity contribution in [1.82, 2.24) is 0 Å². The minimum Gasteiger partial charge on any atom is -0.373 e. The van der Waals surface area contributed by atoms with Crippen LogP contribution in [-0.2, 0) is 9.63 Å². The van der Waals surface area contributed by atoms with E-state index in [0.717, 1.165) is 19.3 Å². The Morgan fingerprint density at radius 3 is 1.62 bits per heavy atom. The third kappa shape index (κ3) is 8.50. The molecule has 0 amide bonds. The van der Waals surface area contributed by atoms with Gasteiger partial charge in [0.15, 0.2) is 0 Å². The summed E-state index contributed by atoms with van der Waals surface area (Å²) in [6.45, 7) is 8.58. The van der Waals surface area contributed by atoms with Crippen molar-refractivity contribution in [1.29, 1.82) is 0 Å². The molecule has 0 saturated heterocycles. The third-order valence-electron chi connectivity index (χ3n) is 5.96. The van der Waals surface area contributed by atoms with Crippen LogP contribution in [0.3, 0.4) is 0 Å². The molecule has 3 nitrogen and oxygen atoms in total. The monoisotopic (exact) mass is 341 g/mol. The molecule has 24 heavy (non-hydrogen) atoms. The van der Waals surface area contributed by atoms with E-state index in [0.29, 0.717) is 5.92 Å². The molecule has 0 radical (unpaired) electrons. The summed E-state index contributed by atoms with van der Waals surface area (Å²) < 4.78 is 0. The largest absolute Gasteiger partial charge is 0.373 e. The molecule has 0 saturated carbocycles. The number of carbonyl (C=O) groups excluding carboxylic acids is 1. The lowest BCUT2D eigenvalue weighted by atomic mass is 9.70. The van der Waals surface area contributed by atoms with Gasteiger partial charge < -0.3 is 4.84 Å². The van der Waals surface area contributed by atoms with Gasteiger partial charge in [-0.05, 0) is 25.2 Å². The lowest BCUT2D eigenvalue weighted by Gasteiger charge is -2.34. The summed E-state index contributed by atoms with van der Waals surface area (Å²) in [6.07, 6.45) is 17.6. The molecule has 0 aromatic rings. The average Bonchev–Trinajstić information content (AvgIpc) is 2.60. The van der Waals surface area contributed by atoms with E-state index in [-0.39, 0.29) is 5.97 Å². The molecule has 0 aromatic heterocycles. The number of rotatable bonds is 16. The molecule has 0 bridgehead atoms. The van der Waals surface area contributed by atoms with Crippen LogP contribution in [0.25, 0.3) is 0 Å². The molecule has 0 aliphatic heterocycles. The van der Waals surface area contributed by atoms with Crippen LogP contribution in [0, 0.1) is 11.3 Å². The predicted octanol–water partition coefficient (Wildman–Crippen LogP) is 6.55. The molecular weight excluding hydrogens is 298 g/mol. The minimum absolute atomic E-state index is 0.233. The first kappa shape index (κ1) is 23.4. The molecule has 1 unspecified atom stereocenters. The van der Waals surface area contributed by atoms with E-state index in [9.17, 15) is 4.79 Å². The predicted molar refractivity (Wildman–Crippen MR) is 104 cm³/mol. The Morgan fingerprint density at radius 2 is 1.25 bits per heavy atom. The molecule has 1 atom stereocenters. The van der Waals surface area contributed by atoms with Crippen LogP contribution >= 0.6 is 0 Å². The Balaban J connectivity index is 3.77. The van der Waals surface area contributed by atoms with Gasteiger partial charge in [0.25, 0.3) is 0 Å². The highest BCUT2D eigenvalue weighted by molar-refractivity contribution is 5.76. The molecule has 3 heteroatoms. The molecular formula is C21H43NO2. The van der Waals surface area contributed by atoms with Gasteiger partial charge in [-0.2, -0.15) is 5.90 Å². The summed E-state index contributed by atoms with van der Waals surface area (Å²) in [5.41, 5.74) is -0.396. The van der Waals surface area contributed by atoms with Crippen LogP contribution in [0.15, 0.2) is 0 Å². The normalized spacial score (nSPS) is 13.0. The van der Waals surface area contributed by atoms with Crippen molar-refractivity contribution >= 4 is 5.97 Å². The van der Waals surface area contributed by atoms with Gasteiger partial charge in [-0.1, -0.05) is 98.3 Å². The van der Waals surface area contributed by atoms with Crippen molar-refractivity contribution in [2.24, 2.45) is 17.2 Å². The molecule has 0 aliphatic carbocycles. The zero-order chi connectivity index (χ0) is 18.3. The van der Waals surface area contributed by atoms with Crippen molar-refractivity contribution in [3.63, 3.8) is 0 Å². The summed E-state index contributed by atoms with van der Waals surface area (Å²) >= 11 is 0. The molecule has 144 valence electrons. The quantitative estimate of drug-likeness (QED) is 0.256. The van der Waals surface area contributed by atoms with Gasteiger partial charge in [-0.3, -0.25) is 0 Å². The maximum atomic E-state index is 12.1. The van der Waals surface area contributed by atoms with Gasteiger partial charge in [-0.25, -0.2) is 4.79 Å². The SMILES string of the molecule is CCCCCCCCCCCCCC(C)C(CC)(CC)C(=O)ON. The molecule has 0 spiro atoms. The second-order valence-corrected chi connectivity index (χ2v) is 7.49. The number of carbonyl (C=O) groups is 1. The average molecular weight is 342 g/mol. The number of unbranched alkanes of at least 4 members (excludes halogenated alkanes) is 10. The summed E-state index contributed by atoms with van der Waals surface area (Å²) in [4.78, 5) is 16.7. The minimum atomic E-state index is -0.396. The van der Waals surface area contributed by atoms with E-state index < -0.39 is 5.41 Å². The fourth-order valence-electron chi connectivity index (χ4n) is 3.95. The lowest BCUT2D eigenvalue weighted by Crippen LogP contribution is -2.39. The fourth-order valence-corrected chi connectivity index (χ4v) is 3.95. The Morgan fingerprint density at radius 1 is 0.833 bits per heavy atom. The summed E-state index contributed by atoms with van der Waals surface area (Å²) in [5.74, 6) is 5.26. The smallest absolute Gasteiger partial charge is 0.330 e. The number of nitrogens with two attached hydrogens (primary N) is 1. The van der Waals surface area contributed by atoms with Gasteiger partial charge in [-0.15, -0.1) is 0 Å². The molecule has 0 aliphatic rings. The van der Waals surface area contributed by atoms with E-state index in [2.05, 4.69) is 32.5 Å². The maximum Gasteiger partial charge on any atom is 0.330 e. The zero-order valence-corrected chi connectivity index (χ0v) is 16.9. The van der Waals surface area contributed by atoms with Crippen molar-refractivity contribution in [3.8, 4) is 0 Å². The molecule has 2 N–H and O–H groups in total. The van der Waals surface area contributed by atoms with Crippen LogP contribution in [0.5, 0.6) is 0 Å². The van der Waals surface area contributed by atoms with Gasteiger partial charge in [0.2, 0.25) is 0 Å². The summed E-state index contributed by atoms with van der Waals surface area (Å²) in [6, 6.07) is 0. The van der Waals surface area contributed by atoms with Gasteiger partial charge in [0, 0.05) is 0 Å². The van der Waals surface area contributed by atoms with E-state index >= 15 is 0 Å². The van der Waals surface area contributed by atoms with Gasteiger partial charge in [0.05, 0.1) is 5.41 Å². The van der Waals surface area contributed by atoms with E-state index in [4.69, 9.17) is 5.90 Å². The topological polar surface area (TPSA) is 52.3 Å². The first-order valence-electron chi connectivity index (χ1n) is 10.5. The van der Waals surface area contributed by atoms with Crippen LogP contribution in [-0.4, -0.2) is 5.97 Å². The lowest BCUT2D eigenvalue weighted by molar-refractivity contribution is -0.161. The Bertz CT molecular complexity index is 300. The second kappa shape index (κ2) is 14.7. The fraction of sp³-hybridized carbons (Fsp3) is 0.952. The molecule has 0 heterocycles. The van der Waals surface area contributed by atoms with Crippen molar-refractivity contribution in [2.75, 3.05) is 0 Å². The van der Waals surface area contributed by atoms with Crippen LogP contribution in [0.4, 0.5) is 0 Å². The third-order valence-corrected chi connectivity index (χ3v) is 5.96. The molecule has 0 rings (SSSR count). The maximum absolute atomic E-state index is 12.1. The van der Waals surface area contributed by atoms with Crippen LogP contribution < -0.4 is 5.90 Å². The Labute approximate surface area is 151 Å². The highest BCUT2D eigenvalue weighted by Gasteiger charge is 2.41. The summed E-state index contributed by atoms with van der Waals surface area (Å²) in [7, 11) is 0. The van der Waals surface area contributed by atoms with E-state index in [1.54, 1.807) is 0 Å². The summed E-state index contributed by atoms with van der Waals surface area (Å²) in [5, 5.41) is 0. The second-order valence-electron chi connectivity index (χ2n) is 7.49. The van der Waals surface area contributed by atoms with E-state index in [1.165, 1.54) is 70.6 Å². The van der Waals surface area contributed by atoms with Crippen molar-refractivity contribution < 1.29 is 9.63 Å². The van der Waals surface area contributed by atoms with E-state index in [1.807, 2.05) is 0 Å².